The fourth-order valence-electron chi connectivity index (χ4n) is 2.82. The maximum atomic E-state index is 11.5. The Morgan fingerprint density at radius 1 is 1.55 bits per heavy atom. The summed E-state index contributed by atoms with van der Waals surface area (Å²) in [6, 6.07) is 2.03. The number of nitrogens with zero attached hydrogens (tertiary/aromatic N) is 2. The molecule has 0 saturated carbocycles. The Morgan fingerprint density at radius 3 is 2.85 bits per heavy atom. The number of quaternary nitrogens is 1. The largest absolute Gasteiger partial charge is 1.00 e. The van der Waals surface area contributed by atoms with Crippen LogP contribution in [0.1, 0.15) is 19.8 Å². The van der Waals surface area contributed by atoms with Crippen LogP contribution in [0.15, 0.2) is 22.8 Å². The number of hydrogen-bond donors (Lipinski definition) is 0. The van der Waals surface area contributed by atoms with Crippen molar-refractivity contribution in [2.75, 3.05) is 18.8 Å². The first-order valence-electron chi connectivity index (χ1n) is 6.14. The zero-order valence-corrected chi connectivity index (χ0v) is 16.5. The van der Waals surface area contributed by atoms with Crippen molar-refractivity contribution in [3.05, 3.63) is 22.8 Å². The molecule has 0 aromatic carbocycles. The number of thioether (sulfide) groups is 1. The molecule has 2 unspecified atom stereocenters. The molecule has 8 heteroatoms. The molecule has 2 fully saturated rings. The number of nitriles is 1. The summed E-state index contributed by atoms with van der Waals surface area (Å²) in [7, 11) is -4.29. The number of rotatable bonds is 2. The van der Waals surface area contributed by atoms with Crippen molar-refractivity contribution in [3.63, 3.8) is 0 Å². The molecule has 20 heavy (non-hydrogen) atoms. The molecule has 0 radical (unpaired) electrons. The summed E-state index contributed by atoms with van der Waals surface area (Å²) in [5.41, 5.74) is 0.568. The summed E-state index contributed by atoms with van der Waals surface area (Å²) in [6.45, 7) is 3.08. The zero-order chi connectivity index (χ0) is 14.1. The van der Waals surface area contributed by atoms with Gasteiger partial charge in [0.25, 0.3) is 0 Å². The molecular weight excluding hydrogens is 323 g/mol. The van der Waals surface area contributed by atoms with E-state index in [1.165, 1.54) is 0 Å². The van der Waals surface area contributed by atoms with E-state index in [4.69, 9.17) is 5.26 Å². The molecule has 2 saturated heterocycles. The SMILES string of the molecule is CC(C#N)=CC=C1SCC[N+]12CCCC2S(=O)(=O)[O-].[K+]. The van der Waals surface area contributed by atoms with E-state index in [0.29, 0.717) is 25.1 Å². The fourth-order valence-corrected chi connectivity index (χ4v) is 5.52. The summed E-state index contributed by atoms with van der Waals surface area (Å²) in [5, 5.41) is 8.78. The van der Waals surface area contributed by atoms with Crippen LogP contribution in [0, 0.1) is 11.3 Å². The average molecular weight is 340 g/mol. The van der Waals surface area contributed by atoms with Gasteiger partial charge in [0.1, 0.15) is 10.1 Å². The van der Waals surface area contributed by atoms with Crippen LogP contribution >= 0.6 is 11.8 Å². The van der Waals surface area contributed by atoms with E-state index >= 15 is 0 Å². The minimum absolute atomic E-state index is 0. The van der Waals surface area contributed by atoms with Crippen LogP contribution in [-0.2, 0) is 10.1 Å². The molecule has 0 amide bonds. The normalized spacial score (nSPS) is 32.4. The Morgan fingerprint density at radius 2 is 2.25 bits per heavy atom. The fraction of sp³-hybridized carbons (Fsp3) is 0.583. The molecule has 1 spiro atoms. The molecule has 104 valence electrons. The van der Waals surface area contributed by atoms with Crippen molar-refractivity contribution >= 4 is 21.9 Å². The molecule has 5 nitrogen and oxygen atoms in total. The van der Waals surface area contributed by atoms with Crippen molar-refractivity contribution in [1.82, 2.24) is 0 Å². The van der Waals surface area contributed by atoms with Gasteiger partial charge in [0.05, 0.1) is 24.9 Å². The zero-order valence-electron chi connectivity index (χ0n) is 11.7. The van der Waals surface area contributed by atoms with Gasteiger partial charge in [0.15, 0.2) is 10.4 Å². The van der Waals surface area contributed by atoms with Gasteiger partial charge < -0.3 is 4.55 Å². The van der Waals surface area contributed by atoms with Gasteiger partial charge >= 0.3 is 51.4 Å². The Hall–Kier alpha value is 0.826. The molecule has 2 aliphatic heterocycles. The molecule has 0 aromatic rings. The van der Waals surface area contributed by atoms with E-state index in [1.807, 2.05) is 6.07 Å². The molecule has 2 rings (SSSR count). The Bertz CT molecular complexity index is 576. The number of allylic oxidation sites excluding steroid dienone is 3. The third-order valence-corrected chi connectivity index (χ3v) is 6.21. The van der Waals surface area contributed by atoms with E-state index in [2.05, 4.69) is 0 Å². The van der Waals surface area contributed by atoms with Crippen LogP contribution in [-0.4, -0.2) is 41.7 Å². The van der Waals surface area contributed by atoms with E-state index < -0.39 is 15.5 Å². The van der Waals surface area contributed by atoms with Gasteiger partial charge in [-0.15, -0.1) is 0 Å². The predicted molar refractivity (Wildman–Crippen MR) is 72.6 cm³/mol. The predicted octanol–water partition coefficient (Wildman–Crippen LogP) is -1.47. The van der Waals surface area contributed by atoms with Gasteiger partial charge in [0, 0.05) is 24.5 Å². The summed E-state index contributed by atoms with van der Waals surface area (Å²) in [5.74, 6) is 0.817. The summed E-state index contributed by atoms with van der Waals surface area (Å²) < 4.78 is 34.6. The van der Waals surface area contributed by atoms with Crippen LogP contribution in [0.25, 0.3) is 0 Å². The van der Waals surface area contributed by atoms with E-state index in [1.54, 1.807) is 30.8 Å². The van der Waals surface area contributed by atoms with Gasteiger partial charge in [-0.2, -0.15) is 5.26 Å². The van der Waals surface area contributed by atoms with Gasteiger partial charge in [-0.05, 0) is 13.0 Å². The minimum atomic E-state index is -4.29. The number of hydrogen-bond acceptors (Lipinski definition) is 5. The van der Waals surface area contributed by atoms with Crippen molar-refractivity contribution < 1.29 is 68.8 Å². The third kappa shape index (κ3) is 3.77. The second-order valence-electron chi connectivity index (χ2n) is 4.89. The van der Waals surface area contributed by atoms with E-state index in [-0.39, 0.29) is 55.9 Å². The first-order chi connectivity index (χ1) is 8.90. The van der Waals surface area contributed by atoms with Gasteiger partial charge in [-0.1, -0.05) is 11.8 Å². The Balaban J connectivity index is 0.00000200. The van der Waals surface area contributed by atoms with Crippen molar-refractivity contribution in [2.45, 2.75) is 25.1 Å². The van der Waals surface area contributed by atoms with E-state index in [9.17, 15) is 13.0 Å². The molecule has 2 heterocycles. The van der Waals surface area contributed by atoms with Gasteiger partial charge in [-0.25, -0.2) is 8.42 Å². The van der Waals surface area contributed by atoms with Crippen LogP contribution in [0.5, 0.6) is 0 Å². The van der Waals surface area contributed by atoms with Crippen molar-refractivity contribution in [1.29, 1.82) is 5.26 Å². The maximum absolute atomic E-state index is 11.5. The van der Waals surface area contributed by atoms with Crippen LogP contribution in [0.3, 0.4) is 0 Å². The molecule has 2 atom stereocenters. The minimum Gasteiger partial charge on any atom is -0.743 e. The summed E-state index contributed by atoms with van der Waals surface area (Å²) in [4.78, 5) is 0. The third-order valence-electron chi connectivity index (χ3n) is 3.72. The second-order valence-corrected chi connectivity index (χ2v) is 7.53. The monoisotopic (exact) mass is 339 g/mol. The molecule has 2 aliphatic rings. The maximum Gasteiger partial charge on any atom is 1.00 e. The molecule has 0 bridgehead atoms. The molecule has 0 aromatic heterocycles. The van der Waals surface area contributed by atoms with E-state index in [0.717, 1.165) is 17.2 Å². The Kier molecular flexibility index (Phi) is 6.98. The first-order valence-corrected chi connectivity index (χ1v) is 8.59. The van der Waals surface area contributed by atoms with Crippen LogP contribution < -0.4 is 51.4 Å². The van der Waals surface area contributed by atoms with Gasteiger partial charge in [0.2, 0.25) is 0 Å². The summed E-state index contributed by atoms with van der Waals surface area (Å²) >= 11 is 1.59. The second kappa shape index (κ2) is 7.39. The topological polar surface area (TPSA) is 81.0 Å². The molecule has 0 aliphatic carbocycles. The quantitative estimate of drug-likeness (QED) is 0.266. The van der Waals surface area contributed by atoms with Gasteiger partial charge in [-0.3, -0.25) is 4.48 Å². The average Bonchev–Trinajstić information content (AvgIpc) is 2.94. The van der Waals surface area contributed by atoms with Crippen LogP contribution in [0.4, 0.5) is 0 Å². The standard InChI is InChI=1S/C12H16N2O3S2.K/c1-10(9-13)4-5-11-14(7-8-18-11)6-2-3-12(14)19(15,16)17;/h4-5,12H,2-3,6-8H2,1H3;/q;+1. The van der Waals surface area contributed by atoms with Crippen molar-refractivity contribution in [3.8, 4) is 6.07 Å². The molecular formula is C12H16KN2O3S2+. The van der Waals surface area contributed by atoms with Crippen molar-refractivity contribution in [2.24, 2.45) is 0 Å². The Labute approximate surface area is 166 Å². The first kappa shape index (κ1) is 18.9. The van der Waals surface area contributed by atoms with Crippen LogP contribution in [0.2, 0.25) is 0 Å². The summed E-state index contributed by atoms with van der Waals surface area (Å²) in [6.07, 6.45) is 4.69. The molecule has 0 N–H and O–H groups in total. The smallest absolute Gasteiger partial charge is 0.743 e.